The van der Waals surface area contributed by atoms with Crippen molar-refractivity contribution in [1.82, 2.24) is 10.6 Å². The Bertz CT molecular complexity index is 252. The van der Waals surface area contributed by atoms with Gasteiger partial charge in [0.05, 0.1) is 6.10 Å². The van der Waals surface area contributed by atoms with Crippen LogP contribution in [0.25, 0.3) is 0 Å². The fraction of sp³-hybridized carbons (Fsp3) is 0.923. The minimum atomic E-state index is -0.217. The lowest BCUT2D eigenvalue weighted by Gasteiger charge is -2.16. The largest absolute Gasteiger partial charge is 0.393 e. The maximum absolute atomic E-state index is 11.6. The van der Waals surface area contributed by atoms with Crippen LogP contribution in [0.15, 0.2) is 0 Å². The van der Waals surface area contributed by atoms with E-state index in [1.165, 1.54) is 25.7 Å². The van der Waals surface area contributed by atoms with Gasteiger partial charge in [0, 0.05) is 19.0 Å². The molecule has 2 aliphatic rings. The SMILES string of the molecule is O=C(NCC1CCCC1)NC[C@H]1CCC[C@H]1O. The van der Waals surface area contributed by atoms with Crippen LogP contribution in [0.4, 0.5) is 4.79 Å². The van der Waals surface area contributed by atoms with Crippen LogP contribution in [0.1, 0.15) is 44.9 Å². The molecule has 0 bridgehead atoms. The lowest BCUT2D eigenvalue weighted by atomic mass is 10.1. The molecule has 0 aromatic carbocycles. The number of rotatable bonds is 4. The first-order valence-corrected chi connectivity index (χ1v) is 6.95. The van der Waals surface area contributed by atoms with E-state index in [1.807, 2.05) is 0 Å². The highest BCUT2D eigenvalue weighted by Crippen LogP contribution is 2.25. The standard InChI is InChI=1S/C13H24N2O2/c16-12-7-3-6-11(12)9-15-13(17)14-8-10-4-1-2-5-10/h10-12,16H,1-9H2,(H2,14,15,17)/t11-,12-/m1/s1. The van der Waals surface area contributed by atoms with E-state index in [2.05, 4.69) is 10.6 Å². The van der Waals surface area contributed by atoms with Crippen molar-refractivity contribution in [2.75, 3.05) is 13.1 Å². The van der Waals surface area contributed by atoms with E-state index in [1.54, 1.807) is 0 Å². The molecule has 2 rings (SSSR count). The highest BCUT2D eigenvalue weighted by atomic mass is 16.3. The van der Waals surface area contributed by atoms with Crippen LogP contribution >= 0.6 is 0 Å². The molecular weight excluding hydrogens is 216 g/mol. The highest BCUT2D eigenvalue weighted by molar-refractivity contribution is 5.73. The summed E-state index contributed by atoms with van der Waals surface area (Å²) in [4.78, 5) is 11.6. The summed E-state index contributed by atoms with van der Waals surface area (Å²) in [5.74, 6) is 0.935. The van der Waals surface area contributed by atoms with E-state index in [0.29, 0.717) is 12.5 Å². The van der Waals surface area contributed by atoms with E-state index in [-0.39, 0.29) is 18.1 Å². The maximum atomic E-state index is 11.6. The fourth-order valence-electron chi connectivity index (χ4n) is 2.99. The third-order valence-electron chi connectivity index (χ3n) is 4.17. The summed E-state index contributed by atoms with van der Waals surface area (Å²) < 4.78 is 0. The summed E-state index contributed by atoms with van der Waals surface area (Å²) >= 11 is 0. The first kappa shape index (κ1) is 12.7. The third kappa shape index (κ3) is 3.87. The zero-order chi connectivity index (χ0) is 12.1. The Morgan fingerprint density at radius 2 is 1.71 bits per heavy atom. The summed E-state index contributed by atoms with van der Waals surface area (Å²) in [5, 5.41) is 15.4. The van der Waals surface area contributed by atoms with Crippen molar-refractivity contribution in [2.24, 2.45) is 11.8 Å². The minimum absolute atomic E-state index is 0.0731. The second-order valence-electron chi connectivity index (χ2n) is 5.50. The van der Waals surface area contributed by atoms with E-state index >= 15 is 0 Å². The van der Waals surface area contributed by atoms with Gasteiger partial charge >= 0.3 is 6.03 Å². The quantitative estimate of drug-likeness (QED) is 0.699. The molecule has 0 heterocycles. The summed E-state index contributed by atoms with van der Waals surface area (Å²) in [6.45, 7) is 1.41. The van der Waals surface area contributed by atoms with Crippen LogP contribution in [0.3, 0.4) is 0 Å². The van der Waals surface area contributed by atoms with Crippen molar-refractivity contribution in [2.45, 2.75) is 51.0 Å². The molecule has 0 unspecified atom stereocenters. The molecule has 2 atom stereocenters. The van der Waals surface area contributed by atoms with Crippen LogP contribution in [0, 0.1) is 11.8 Å². The van der Waals surface area contributed by atoms with Crippen molar-refractivity contribution in [3.8, 4) is 0 Å². The van der Waals surface area contributed by atoms with E-state index in [0.717, 1.165) is 25.8 Å². The van der Waals surface area contributed by atoms with Gasteiger partial charge in [-0.2, -0.15) is 0 Å². The van der Waals surface area contributed by atoms with E-state index in [4.69, 9.17) is 0 Å². The second-order valence-corrected chi connectivity index (χ2v) is 5.50. The Balaban J connectivity index is 1.57. The zero-order valence-corrected chi connectivity index (χ0v) is 10.5. The Morgan fingerprint density at radius 3 is 2.35 bits per heavy atom. The number of carbonyl (C=O) groups is 1. The Labute approximate surface area is 103 Å². The zero-order valence-electron chi connectivity index (χ0n) is 10.5. The van der Waals surface area contributed by atoms with Gasteiger partial charge in [0.15, 0.2) is 0 Å². The molecule has 0 saturated heterocycles. The molecule has 3 N–H and O–H groups in total. The predicted molar refractivity (Wildman–Crippen MR) is 66.7 cm³/mol. The van der Waals surface area contributed by atoms with Gasteiger partial charge < -0.3 is 15.7 Å². The predicted octanol–water partition coefficient (Wildman–Crippen LogP) is 1.64. The molecule has 2 amide bonds. The van der Waals surface area contributed by atoms with Gasteiger partial charge in [0.25, 0.3) is 0 Å². The molecule has 0 radical (unpaired) electrons. The number of hydrogen-bond acceptors (Lipinski definition) is 2. The third-order valence-corrected chi connectivity index (χ3v) is 4.17. The number of aliphatic hydroxyl groups is 1. The van der Waals surface area contributed by atoms with Crippen LogP contribution in [0.2, 0.25) is 0 Å². The van der Waals surface area contributed by atoms with Gasteiger partial charge in [0.2, 0.25) is 0 Å². The van der Waals surface area contributed by atoms with Gasteiger partial charge in [0.1, 0.15) is 0 Å². The molecule has 0 spiro atoms. The van der Waals surface area contributed by atoms with Crippen molar-refractivity contribution in [3.05, 3.63) is 0 Å². The van der Waals surface area contributed by atoms with Gasteiger partial charge in [-0.25, -0.2) is 4.79 Å². The number of carbonyl (C=O) groups excluding carboxylic acids is 1. The van der Waals surface area contributed by atoms with Gasteiger partial charge in [-0.15, -0.1) is 0 Å². The molecule has 98 valence electrons. The van der Waals surface area contributed by atoms with Gasteiger partial charge in [-0.1, -0.05) is 19.3 Å². The number of urea groups is 1. The Kier molecular flexibility index (Phi) is 4.66. The van der Waals surface area contributed by atoms with Crippen LogP contribution in [-0.2, 0) is 0 Å². The number of aliphatic hydroxyl groups excluding tert-OH is 1. The normalized spacial score (nSPS) is 29.5. The number of amides is 2. The Hall–Kier alpha value is -0.770. The van der Waals surface area contributed by atoms with Crippen molar-refractivity contribution >= 4 is 6.03 Å². The van der Waals surface area contributed by atoms with Crippen molar-refractivity contribution < 1.29 is 9.90 Å². The summed E-state index contributed by atoms with van der Waals surface area (Å²) in [5.41, 5.74) is 0. The fourth-order valence-corrected chi connectivity index (χ4v) is 2.99. The summed E-state index contributed by atoms with van der Waals surface area (Å²) in [7, 11) is 0. The average molecular weight is 240 g/mol. The topological polar surface area (TPSA) is 61.4 Å². The molecular formula is C13H24N2O2. The number of hydrogen-bond donors (Lipinski definition) is 3. The molecule has 4 heteroatoms. The Morgan fingerprint density at radius 1 is 1.00 bits per heavy atom. The van der Waals surface area contributed by atoms with Crippen molar-refractivity contribution in [1.29, 1.82) is 0 Å². The smallest absolute Gasteiger partial charge is 0.314 e. The molecule has 2 fully saturated rings. The first-order valence-electron chi connectivity index (χ1n) is 6.95. The molecule has 0 aromatic heterocycles. The van der Waals surface area contributed by atoms with Gasteiger partial charge in [-0.3, -0.25) is 0 Å². The summed E-state index contributed by atoms with van der Waals surface area (Å²) in [6.07, 6.45) is 7.90. The monoisotopic (exact) mass is 240 g/mol. The lowest BCUT2D eigenvalue weighted by molar-refractivity contribution is 0.132. The van der Waals surface area contributed by atoms with Crippen LogP contribution in [-0.4, -0.2) is 30.3 Å². The second kappa shape index (κ2) is 6.24. The molecule has 2 aliphatic carbocycles. The molecule has 0 aliphatic heterocycles. The van der Waals surface area contributed by atoms with Crippen LogP contribution < -0.4 is 10.6 Å². The molecule has 2 saturated carbocycles. The van der Waals surface area contributed by atoms with Crippen LogP contribution in [0.5, 0.6) is 0 Å². The minimum Gasteiger partial charge on any atom is -0.393 e. The van der Waals surface area contributed by atoms with E-state index in [9.17, 15) is 9.90 Å². The molecule has 4 nitrogen and oxygen atoms in total. The summed E-state index contributed by atoms with van der Waals surface area (Å²) in [6, 6.07) is -0.0731. The van der Waals surface area contributed by atoms with Crippen molar-refractivity contribution in [3.63, 3.8) is 0 Å². The van der Waals surface area contributed by atoms with Gasteiger partial charge in [-0.05, 0) is 31.6 Å². The average Bonchev–Trinajstić information content (AvgIpc) is 2.95. The molecule has 0 aromatic rings. The van der Waals surface area contributed by atoms with E-state index < -0.39 is 0 Å². The first-order chi connectivity index (χ1) is 8.25. The molecule has 17 heavy (non-hydrogen) atoms. The highest BCUT2D eigenvalue weighted by Gasteiger charge is 2.25. The maximum Gasteiger partial charge on any atom is 0.314 e. The lowest BCUT2D eigenvalue weighted by Crippen LogP contribution is -2.41. The number of nitrogens with one attached hydrogen (secondary N) is 2.